The Kier molecular flexibility index (Phi) is 4.63. The van der Waals surface area contributed by atoms with Crippen molar-refractivity contribution in [2.75, 3.05) is 0 Å². The van der Waals surface area contributed by atoms with Gasteiger partial charge in [0.25, 0.3) is 0 Å². The van der Waals surface area contributed by atoms with Crippen LogP contribution in [0.1, 0.15) is 18.4 Å². The molecule has 1 aliphatic carbocycles. The van der Waals surface area contributed by atoms with E-state index in [0.717, 1.165) is 12.8 Å². The standard InChI is InChI=1S/C7H9N.C4H5ClO/c8-6-7-4-2-1-3-5-7;5-4(6)3-1-2-3/h1-5H,6,8H2;3H,1-2H2. The summed E-state index contributed by atoms with van der Waals surface area (Å²) < 4.78 is 0. The van der Waals surface area contributed by atoms with Crippen LogP contribution in [0.25, 0.3) is 0 Å². The third kappa shape index (κ3) is 4.40. The molecular formula is C11H14ClNO. The summed E-state index contributed by atoms with van der Waals surface area (Å²) in [4.78, 5) is 9.97. The third-order valence-electron chi connectivity index (χ3n) is 1.98. The number of nitrogens with two attached hydrogens (primary N) is 1. The number of hydrogen-bond donors (Lipinski definition) is 1. The second-order valence-corrected chi connectivity index (χ2v) is 3.64. The van der Waals surface area contributed by atoms with E-state index in [4.69, 9.17) is 17.3 Å². The van der Waals surface area contributed by atoms with Crippen molar-refractivity contribution >= 4 is 16.8 Å². The van der Waals surface area contributed by atoms with E-state index in [-0.39, 0.29) is 11.2 Å². The van der Waals surface area contributed by atoms with E-state index in [1.807, 2.05) is 30.3 Å². The molecule has 2 N–H and O–H groups in total. The second kappa shape index (κ2) is 5.78. The first-order valence-electron chi connectivity index (χ1n) is 4.67. The number of carbonyl (C=O) groups excluding carboxylic acids is 1. The van der Waals surface area contributed by atoms with Crippen molar-refractivity contribution in [3.05, 3.63) is 35.9 Å². The van der Waals surface area contributed by atoms with Gasteiger partial charge in [-0.1, -0.05) is 30.3 Å². The van der Waals surface area contributed by atoms with Crippen molar-refractivity contribution in [1.29, 1.82) is 0 Å². The minimum atomic E-state index is -0.157. The van der Waals surface area contributed by atoms with Crippen molar-refractivity contribution in [2.24, 2.45) is 11.7 Å². The van der Waals surface area contributed by atoms with Gasteiger partial charge >= 0.3 is 0 Å². The molecule has 3 heteroatoms. The van der Waals surface area contributed by atoms with Gasteiger partial charge in [-0.25, -0.2) is 0 Å². The molecule has 2 nitrogen and oxygen atoms in total. The first-order chi connectivity index (χ1) is 6.74. The fourth-order valence-corrected chi connectivity index (χ4v) is 1.14. The SMILES string of the molecule is NCc1ccccc1.O=C(Cl)C1CC1. The Hall–Kier alpha value is -0.860. The molecule has 1 fully saturated rings. The molecule has 2 rings (SSSR count). The van der Waals surface area contributed by atoms with Crippen LogP contribution in [0.2, 0.25) is 0 Å². The molecule has 0 heterocycles. The molecule has 0 unspecified atom stereocenters. The second-order valence-electron chi connectivity index (χ2n) is 3.27. The van der Waals surface area contributed by atoms with Crippen LogP contribution < -0.4 is 5.73 Å². The van der Waals surface area contributed by atoms with E-state index in [1.54, 1.807) is 0 Å². The fourth-order valence-electron chi connectivity index (χ4n) is 0.924. The normalized spacial score (nSPS) is 14.1. The van der Waals surface area contributed by atoms with E-state index in [0.29, 0.717) is 6.54 Å². The number of rotatable bonds is 2. The molecule has 76 valence electrons. The molecule has 0 amide bonds. The molecule has 0 aromatic heterocycles. The zero-order valence-electron chi connectivity index (χ0n) is 7.95. The van der Waals surface area contributed by atoms with Gasteiger partial charge in [-0.2, -0.15) is 0 Å². The number of hydrogen-bond acceptors (Lipinski definition) is 2. The van der Waals surface area contributed by atoms with Crippen LogP contribution in [0.15, 0.2) is 30.3 Å². The molecule has 1 aromatic rings. The lowest BCUT2D eigenvalue weighted by molar-refractivity contribution is -0.112. The molecule has 0 spiro atoms. The van der Waals surface area contributed by atoms with Gasteiger partial charge in [-0.05, 0) is 30.0 Å². The van der Waals surface area contributed by atoms with Gasteiger partial charge in [0.15, 0.2) is 0 Å². The van der Waals surface area contributed by atoms with Crippen molar-refractivity contribution in [2.45, 2.75) is 19.4 Å². The summed E-state index contributed by atoms with van der Waals surface area (Å²) in [7, 11) is 0. The third-order valence-corrected chi connectivity index (χ3v) is 2.29. The smallest absolute Gasteiger partial charge is 0.224 e. The van der Waals surface area contributed by atoms with Gasteiger partial charge in [-0.15, -0.1) is 0 Å². The Balaban J connectivity index is 0.000000146. The number of benzene rings is 1. The lowest BCUT2D eigenvalue weighted by atomic mass is 10.2. The quantitative estimate of drug-likeness (QED) is 0.763. The van der Waals surface area contributed by atoms with Gasteiger partial charge in [0.05, 0.1) is 0 Å². The predicted octanol–water partition coefficient (Wildman–Crippen LogP) is 2.31. The molecule has 0 bridgehead atoms. The maximum absolute atomic E-state index is 9.97. The topological polar surface area (TPSA) is 43.1 Å². The summed E-state index contributed by atoms with van der Waals surface area (Å²) in [6.07, 6.45) is 2.03. The lowest BCUT2D eigenvalue weighted by Gasteiger charge is -1.90. The summed E-state index contributed by atoms with van der Waals surface area (Å²) in [6.45, 7) is 0.640. The molecule has 1 aromatic carbocycles. The minimum absolute atomic E-state index is 0.157. The highest BCUT2D eigenvalue weighted by molar-refractivity contribution is 6.64. The van der Waals surface area contributed by atoms with Gasteiger partial charge < -0.3 is 5.73 Å². The minimum Gasteiger partial charge on any atom is -0.326 e. The molecule has 14 heavy (non-hydrogen) atoms. The first kappa shape index (κ1) is 11.2. The van der Waals surface area contributed by atoms with Crippen LogP contribution in [-0.4, -0.2) is 5.24 Å². The average molecular weight is 212 g/mol. The van der Waals surface area contributed by atoms with Crippen molar-refractivity contribution < 1.29 is 4.79 Å². The van der Waals surface area contributed by atoms with E-state index >= 15 is 0 Å². The zero-order valence-corrected chi connectivity index (χ0v) is 8.70. The highest BCUT2D eigenvalue weighted by Crippen LogP contribution is 2.30. The summed E-state index contributed by atoms with van der Waals surface area (Å²) in [5.74, 6) is 0.228. The van der Waals surface area contributed by atoms with E-state index in [2.05, 4.69) is 0 Å². The van der Waals surface area contributed by atoms with Gasteiger partial charge in [0, 0.05) is 12.5 Å². The van der Waals surface area contributed by atoms with Crippen LogP contribution >= 0.6 is 11.6 Å². The van der Waals surface area contributed by atoms with Crippen LogP contribution in [0.5, 0.6) is 0 Å². The van der Waals surface area contributed by atoms with E-state index in [9.17, 15) is 4.79 Å². The first-order valence-corrected chi connectivity index (χ1v) is 5.05. The van der Waals surface area contributed by atoms with Crippen LogP contribution in [0.3, 0.4) is 0 Å². The van der Waals surface area contributed by atoms with E-state index < -0.39 is 0 Å². The monoisotopic (exact) mass is 211 g/mol. The summed E-state index contributed by atoms with van der Waals surface area (Å²) in [5, 5.41) is -0.157. The van der Waals surface area contributed by atoms with Crippen molar-refractivity contribution in [3.63, 3.8) is 0 Å². The molecule has 0 aliphatic heterocycles. The van der Waals surface area contributed by atoms with Crippen molar-refractivity contribution in [3.8, 4) is 0 Å². The molecular weight excluding hydrogens is 198 g/mol. The van der Waals surface area contributed by atoms with Gasteiger partial charge in [0.1, 0.15) is 0 Å². The molecule has 0 atom stereocenters. The van der Waals surface area contributed by atoms with Gasteiger partial charge in [0.2, 0.25) is 5.24 Å². The van der Waals surface area contributed by atoms with E-state index in [1.165, 1.54) is 5.56 Å². The lowest BCUT2D eigenvalue weighted by Crippen LogP contribution is -1.94. The van der Waals surface area contributed by atoms with Crippen molar-refractivity contribution in [1.82, 2.24) is 0 Å². The van der Waals surface area contributed by atoms with Crippen LogP contribution in [0.4, 0.5) is 0 Å². The average Bonchev–Trinajstić information content (AvgIpc) is 3.03. The number of halogens is 1. The molecule has 0 saturated heterocycles. The zero-order chi connectivity index (χ0) is 10.4. The fraction of sp³-hybridized carbons (Fsp3) is 0.364. The maximum Gasteiger partial charge on any atom is 0.224 e. The Morgan fingerprint density at radius 3 is 2.14 bits per heavy atom. The summed E-state index contributed by atoms with van der Waals surface area (Å²) in [6, 6.07) is 9.99. The Morgan fingerprint density at radius 1 is 1.36 bits per heavy atom. The molecule has 1 saturated carbocycles. The van der Waals surface area contributed by atoms with Crippen LogP contribution in [-0.2, 0) is 11.3 Å². The summed E-state index contributed by atoms with van der Waals surface area (Å²) in [5.41, 5.74) is 6.54. The number of carbonyl (C=O) groups is 1. The highest BCUT2D eigenvalue weighted by atomic mass is 35.5. The largest absolute Gasteiger partial charge is 0.326 e. The molecule has 0 radical (unpaired) electrons. The summed E-state index contributed by atoms with van der Waals surface area (Å²) >= 11 is 5.04. The maximum atomic E-state index is 9.97. The predicted molar refractivity (Wildman–Crippen MR) is 57.9 cm³/mol. The Bertz CT molecular complexity index is 283. The Morgan fingerprint density at radius 2 is 1.93 bits per heavy atom. The highest BCUT2D eigenvalue weighted by Gasteiger charge is 2.27. The van der Waals surface area contributed by atoms with Crippen LogP contribution in [0, 0.1) is 5.92 Å². The Labute approximate surface area is 89.1 Å². The van der Waals surface area contributed by atoms with Gasteiger partial charge in [-0.3, -0.25) is 4.79 Å². The molecule has 1 aliphatic rings.